The van der Waals surface area contributed by atoms with Gasteiger partial charge in [-0.2, -0.15) is 5.10 Å². The van der Waals surface area contributed by atoms with Crippen LogP contribution in [0.4, 0.5) is 4.39 Å². The molecule has 2 rings (SSSR count). The van der Waals surface area contributed by atoms with Gasteiger partial charge in [0.2, 0.25) is 0 Å². The molecule has 0 bridgehead atoms. The van der Waals surface area contributed by atoms with Gasteiger partial charge in [0.25, 0.3) is 5.91 Å². The molecule has 0 saturated heterocycles. The van der Waals surface area contributed by atoms with Gasteiger partial charge >= 0.3 is 0 Å². The molecule has 1 aromatic heterocycles. The summed E-state index contributed by atoms with van der Waals surface area (Å²) in [5, 5.41) is 4.03. The molecule has 18 heavy (non-hydrogen) atoms. The lowest BCUT2D eigenvalue weighted by Crippen LogP contribution is -2.10. The van der Waals surface area contributed by atoms with Gasteiger partial charge in [-0.1, -0.05) is 0 Å². The van der Waals surface area contributed by atoms with Crippen LogP contribution in [0.25, 0.3) is 5.69 Å². The SMILES string of the molecule is NCCc1cc(F)ccc1-n1cc(C(N)=O)cn1. The van der Waals surface area contributed by atoms with E-state index in [9.17, 15) is 9.18 Å². The second kappa shape index (κ2) is 4.97. The number of amides is 1. The van der Waals surface area contributed by atoms with Crippen LogP contribution in [0, 0.1) is 5.82 Å². The number of rotatable bonds is 4. The van der Waals surface area contributed by atoms with Crippen molar-refractivity contribution < 1.29 is 9.18 Å². The molecule has 0 aliphatic carbocycles. The minimum atomic E-state index is -0.552. The summed E-state index contributed by atoms with van der Waals surface area (Å²) in [6, 6.07) is 4.34. The second-order valence-corrected chi connectivity index (χ2v) is 3.85. The zero-order valence-electron chi connectivity index (χ0n) is 9.64. The van der Waals surface area contributed by atoms with Gasteiger partial charge in [-0.15, -0.1) is 0 Å². The van der Waals surface area contributed by atoms with E-state index in [1.54, 1.807) is 6.07 Å². The molecule has 0 unspecified atom stereocenters. The molecule has 0 aliphatic heterocycles. The fourth-order valence-electron chi connectivity index (χ4n) is 1.72. The van der Waals surface area contributed by atoms with Gasteiger partial charge in [0.05, 0.1) is 17.4 Å². The van der Waals surface area contributed by atoms with Crippen molar-refractivity contribution in [1.29, 1.82) is 0 Å². The Morgan fingerprint density at radius 2 is 2.22 bits per heavy atom. The average Bonchev–Trinajstić information content (AvgIpc) is 2.79. The summed E-state index contributed by atoms with van der Waals surface area (Å²) in [6.07, 6.45) is 3.41. The van der Waals surface area contributed by atoms with E-state index in [0.717, 1.165) is 5.56 Å². The van der Waals surface area contributed by atoms with Crippen LogP contribution in [0.2, 0.25) is 0 Å². The molecule has 6 heteroatoms. The number of hydrogen-bond acceptors (Lipinski definition) is 3. The van der Waals surface area contributed by atoms with Crippen LogP contribution >= 0.6 is 0 Å². The predicted octanol–water partition coefficient (Wildman–Crippen LogP) is 0.611. The summed E-state index contributed by atoms with van der Waals surface area (Å²) in [5.74, 6) is -0.881. The summed E-state index contributed by atoms with van der Waals surface area (Å²) in [6.45, 7) is 0.403. The van der Waals surface area contributed by atoms with Gasteiger partial charge in [0, 0.05) is 6.20 Å². The highest BCUT2D eigenvalue weighted by atomic mass is 19.1. The second-order valence-electron chi connectivity index (χ2n) is 3.85. The van der Waals surface area contributed by atoms with Gasteiger partial charge in [-0.05, 0) is 36.7 Å². The van der Waals surface area contributed by atoms with Gasteiger partial charge in [-0.3, -0.25) is 4.79 Å². The predicted molar refractivity (Wildman–Crippen MR) is 64.8 cm³/mol. The van der Waals surface area contributed by atoms with Crippen molar-refractivity contribution in [3.8, 4) is 5.69 Å². The minimum Gasteiger partial charge on any atom is -0.366 e. The Labute approximate surface area is 103 Å². The quantitative estimate of drug-likeness (QED) is 0.831. The van der Waals surface area contributed by atoms with Crippen molar-refractivity contribution in [3.05, 3.63) is 47.5 Å². The number of nitrogens with zero attached hydrogens (tertiary/aromatic N) is 2. The van der Waals surface area contributed by atoms with Crippen molar-refractivity contribution in [2.24, 2.45) is 11.5 Å². The molecule has 1 heterocycles. The van der Waals surface area contributed by atoms with E-state index in [2.05, 4.69) is 5.10 Å². The zero-order valence-corrected chi connectivity index (χ0v) is 9.64. The summed E-state index contributed by atoms with van der Waals surface area (Å²) in [5.41, 5.74) is 12.4. The maximum Gasteiger partial charge on any atom is 0.251 e. The lowest BCUT2D eigenvalue weighted by Gasteiger charge is -2.08. The van der Waals surface area contributed by atoms with Crippen LogP contribution in [-0.2, 0) is 6.42 Å². The van der Waals surface area contributed by atoms with Gasteiger partial charge < -0.3 is 11.5 Å². The third kappa shape index (κ3) is 2.38. The van der Waals surface area contributed by atoms with E-state index in [0.29, 0.717) is 24.2 Å². The first-order valence-electron chi connectivity index (χ1n) is 5.45. The molecule has 1 aromatic carbocycles. The number of hydrogen-bond donors (Lipinski definition) is 2. The number of carbonyl (C=O) groups is 1. The smallest absolute Gasteiger partial charge is 0.251 e. The molecule has 0 saturated carbocycles. The highest BCUT2D eigenvalue weighted by molar-refractivity contribution is 5.92. The molecule has 94 valence electrons. The fraction of sp³-hybridized carbons (Fsp3) is 0.167. The highest BCUT2D eigenvalue weighted by Crippen LogP contribution is 2.16. The summed E-state index contributed by atoms with van der Waals surface area (Å²) < 4.78 is 14.7. The van der Waals surface area contributed by atoms with Crippen LogP contribution in [-0.4, -0.2) is 22.2 Å². The number of halogens is 1. The summed E-state index contributed by atoms with van der Waals surface area (Å²) in [4.78, 5) is 11.0. The fourth-order valence-corrected chi connectivity index (χ4v) is 1.72. The first kappa shape index (κ1) is 12.3. The number of benzene rings is 1. The van der Waals surface area contributed by atoms with Gasteiger partial charge in [-0.25, -0.2) is 9.07 Å². The van der Waals surface area contributed by atoms with Crippen LogP contribution in [0.15, 0.2) is 30.6 Å². The minimum absolute atomic E-state index is 0.304. The zero-order chi connectivity index (χ0) is 13.1. The molecule has 1 amide bonds. The Morgan fingerprint density at radius 1 is 1.44 bits per heavy atom. The van der Waals surface area contributed by atoms with Crippen LogP contribution < -0.4 is 11.5 Å². The Bertz CT molecular complexity index is 579. The van der Waals surface area contributed by atoms with Crippen molar-refractivity contribution in [2.45, 2.75) is 6.42 Å². The standard InChI is InChI=1S/C12H13FN4O/c13-10-1-2-11(8(5-10)3-4-14)17-7-9(6-16-17)12(15)18/h1-2,5-7H,3-4,14H2,(H2,15,18). The van der Waals surface area contributed by atoms with E-state index in [4.69, 9.17) is 11.5 Å². The number of carbonyl (C=O) groups excluding carboxylic acids is 1. The van der Waals surface area contributed by atoms with E-state index >= 15 is 0 Å². The maximum atomic E-state index is 13.2. The number of aromatic nitrogens is 2. The van der Waals surface area contributed by atoms with E-state index in [-0.39, 0.29) is 5.82 Å². The summed E-state index contributed by atoms with van der Waals surface area (Å²) in [7, 11) is 0. The Balaban J connectivity index is 2.45. The lowest BCUT2D eigenvalue weighted by molar-refractivity contribution is 0.100. The molecule has 0 radical (unpaired) electrons. The molecule has 0 atom stereocenters. The van der Waals surface area contributed by atoms with E-state index < -0.39 is 5.91 Å². The Morgan fingerprint density at radius 3 is 2.83 bits per heavy atom. The van der Waals surface area contributed by atoms with Crippen molar-refractivity contribution >= 4 is 5.91 Å². The molecule has 0 spiro atoms. The molecule has 0 aliphatic rings. The summed E-state index contributed by atoms with van der Waals surface area (Å²) >= 11 is 0. The Kier molecular flexibility index (Phi) is 3.38. The first-order chi connectivity index (χ1) is 8.61. The monoisotopic (exact) mass is 248 g/mol. The maximum absolute atomic E-state index is 13.2. The number of nitrogens with two attached hydrogens (primary N) is 2. The van der Waals surface area contributed by atoms with Gasteiger partial charge in [0.15, 0.2) is 0 Å². The Hall–Kier alpha value is -2.21. The topological polar surface area (TPSA) is 86.9 Å². The van der Waals surface area contributed by atoms with Crippen LogP contribution in [0.1, 0.15) is 15.9 Å². The average molecular weight is 248 g/mol. The number of primary amides is 1. The third-order valence-electron chi connectivity index (χ3n) is 2.57. The largest absolute Gasteiger partial charge is 0.366 e. The van der Waals surface area contributed by atoms with E-state index in [1.165, 1.54) is 29.2 Å². The molecule has 2 aromatic rings. The lowest BCUT2D eigenvalue weighted by atomic mass is 10.1. The van der Waals surface area contributed by atoms with Crippen LogP contribution in [0.3, 0.4) is 0 Å². The molecule has 4 N–H and O–H groups in total. The first-order valence-corrected chi connectivity index (χ1v) is 5.45. The molecule has 5 nitrogen and oxygen atoms in total. The van der Waals surface area contributed by atoms with Crippen molar-refractivity contribution in [1.82, 2.24) is 9.78 Å². The normalized spacial score (nSPS) is 10.6. The van der Waals surface area contributed by atoms with E-state index in [1.807, 2.05) is 0 Å². The van der Waals surface area contributed by atoms with Crippen molar-refractivity contribution in [2.75, 3.05) is 6.54 Å². The molecular weight excluding hydrogens is 235 g/mol. The highest BCUT2D eigenvalue weighted by Gasteiger charge is 2.09. The molecule has 0 fully saturated rings. The third-order valence-corrected chi connectivity index (χ3v) is 2.57. The van der Waals surface area contributed by atoms with Crippen molar-refractivity contribution in [3.63, 3.8) is 0 Å². The van der Waals surface area contributed by atoms with Gasteiger partial charge in [0.1, 0.15) is 5.82 Å². The molecular formula is C12H13FN4O. The van der Waals surface area contributed by atoms with Crippen LogP contribution in [0.5, 0.6) is 0 Å².